The van der Waals surface area contributed by atoms with Gasteiger partial charge in [0.25, 0.3) is 0 Å². The minimum absolute atomic E-state index is 0.0858. The second-order valence-corrected chi connectivity index (χ2v) is 4.08. The van der Waals surface area contributed by atoms with Gasteiger partial charge in [0.05, 0.1) is 19.8 Å². The Kier molecular flexibility index (Phi) is 6.17. The van der Waals surface area contributed by atoms with Crippen molar-refractivity contribution < 1.29 is 14.2 Å². The molecule has 90 valence electrons. The molecule has 0 aromatic rings. The van der Waals surface area contributed by atoms with E-state index in [0.717, 1.165) is 19.6 Å². The maximum Gasteiger partial charge on any atom is 0.134 e. The van der Waals surface area contributed by atoms with Crippen molar-refractivity contribution in [2.24, 2.45) is 0 Å². The Morgan fingerprint density at radius 1 is 1.40 bits per heavy atom. The fourth-order valence-corrected chi connectivity index (χ4v) is 1.78. The van der Waals surface area contributed by atoms with Crippen molar-refractivity contribution in [1.29, 1.82) is 0 Å². The van der Waals surface area contributed by atoms with Crippen molar-refractivity contribution in [2.75, 3.05) is 40.1 Å². The zero-order chi connectivity index (χ0) is 11.1. The van der Waals surface area contributed by atoms with E-state index in [1.807, 2.05) is 0 Å². The summed E-state index contributed by atoms with van der Waals surface area (Å²) >= 11 is 0. The molecule has 1 fully saturated rings. The Labute approximate surface area is 92.5 Å². The molecular formula is C11H23NO3. The first kappa shape index (κ1) is 12.9. The van der Waals surface area contributed by atoms with Crippen LogP contribution in [0.25, 0.3) is 0 Å². The maximum atomic E-state index is 5.75. The summed E-state index contributed by atoms with van der Waals surface area (Å²) in [5.74, 6) is 0. The van der Waals surface area contributed by atoms with Gasteiger partial charge in [-0.2, -0.15) is 0 Å². The molecule has 1 aliphatic heterocycles. The van der Waals surface area contributed by atoms with E-state index >= 15 is 0 Å². The molecule has 0 aliphatic carbocycles. The van der Waals surface area contributed by atoms with Gasteiger partial charge < -0.3 is 14.2 Å². The smallest absolute Gasteiger partial charge is 0.134 e. The van der Waals surface area contributed by atoms with Crippen LogP contribution in [0.1, 0.15) is 20.3 Å². The van der Waals surface area contributed by atoms with Gasteiger partial charge in [0.2, 0.25) is 0 Å². The summed E-state index contributed by atoms with van der Waals surface area (Å²) in [5, 5.41) is 0. The number of rotatable bonds is 5. The second kappa shape index (κ2) is 7.17. The maximum absolute atomic E-state index is 5.75. The van der Waals surface area contributed by atoms with Gasteiger partial charge in [-0.15, -0.1) is 0 Å². The van der Waals surface area contributed by atoms with Gasteiger partial charge in [0, 0.05) is 26.3 Å². The van der Waals surface area contributed by atoms with E-state index in [2.05, 4.69) is 18.7 Å². The first-order valence-electron chi connectivity index (χ1n) is 5.69. The Bertz CT molecular complexity index is 164. The Morgan fingerprint density at radius 3 is 2.87 bits per heavy atom. The van der Waals surface area contributed by atoms with E-state index in [1.54, 1.807) is 7.11 Å². The molecule has 0 saturated carbocycles. The topological polar surface area (TPSA) is 30.9 Å². The van der Waals surface area contributed by atoms with Gasteiger partial charge in [-0.05, 0) is 20.3 Å². The highest BCUT2D eigenvalue weighted by molar-refractivity contribution is 4.70. The van der Waals surface area contributed by atoms with E-state index in [0.29, 0.717) is 25.9 Å². The zero-order valence-electron chi connectivity index (χ0n) is 10.1. The van der Waals surface area contributed by atoms with Crippen LogP contribution in [-0.2, 0) is 14.2 Å². The van der Waals surface area contributed by atoms with E-state index in [4.69, 9.17) is 14.2 Å². The predicted molar refractivity (Wildman–Crippen MR) is 58.9 cm³/mol. The van der Waals surface area contributed by atoms with Crippen LogP contribution in [0.15, 0.2) is 0 Å². The molecule has 0 amide bonds. The van der Waals surface area contributed by atoms with Crippen LogP contribution in [-0.4, -0.2) is 57.3 Å². The molecule has 0 aromatic heterocycles. The van der Waals surface area contributed by atoms with Crippen LogP contribution in [0.5, 0.6) is 0 Å². The lowest BCUT2D eigenvalue weighted by Crippen LogP contribution is -2.44. The third-order valence-electron chi connectivity index (χ3n) is 2.60. The van der Waals surface area contributed by atoms with Gasteiger partial charge in [0.15, 0.2) is 0 Å². The Morgan fingerprint density at radius 2 is 2.20 bits per heavy atom. The van der Waals surface area contributed by atoms with Crippen molar-refractivity contribution in [1.82, 2.24) is 4.90 Å². The minimum Gasteiger partial charge on any atom is -0.382 e. The number of hydrogen-bond donors (Lipinski definition) is 0. The highest BCUT2D eigenvalue weighted by Gasteiger charge is 2.23. The van der Waals surface area contributed by atoms with Crippen LogP contribution in [0.3, 0.4) is 0 Å². The van der Waals surface area contributed by atoms with E-state index in [9.17, 15) is 0 Å². The molecule has 1 saturated heterocycles. The average Bonchev–Trinajstić information content (AvgIpc) is 2.43. The van der Waals surface area contributed by atoms with Crippen LogP contribution >= 0.6 is 0 Å². The standard InChI is InChI=1S/C11H23NO3/c1-10(2)12-5-4-6-14-9-11(12)15-8-7-13-3/h10-11H,4-9H2,1-3H3. The number of nitrogens with zero attached hydrogens (tertiary/aromatic N) is 1. The van der Waals surface area contributed by atoms with Crippen LogP contribution in [0.2, 0.25) is 0 Å². The lowest BCUT2D eigenvalue weighted by Gasteiger charge is -2.32. The molecule has 1 heterocycles. The predicted octanol–water partition coefficient (Wildman–Crippen LogP) is 1.11. The number of methoxy groups -OCH3 is 1. The van der Waals surface area contributed by atoms with Crippen molar-refractivity contribution in [3.8, 4) is 0 Å². The molecule has 0 N–H and O–H groups in total. The van der Waals surface area contributed by atoms with Crippen molar-refractivity contribution in [2.45, 2.75) is 32.5 Å². The zero-order valence-corrected chi connectivity index (χ0v) is 10.1. The molecule has 1 aliphatic rings. The van der Waals surface area contributed by atoms with Crippen molar-refractivity contribution in [3.63, 3.8) is 0 Å². The SMILES string of the molecule is COCCOC1COCCCN1C(C)C. The number of ether oxygens (including phenoxy) is 3. The van der Waals surface area contributed by atoms with Crippen LogP contribution < -0.4 is 0 Å². The normalized spacial score (nSPS) is 24.4. The van der Waals surface area contributed by atoms with Crippen molar-refractivity contribution in [3.05, 3.63) is 0 Å². The van der Waals surface area contributed by atoms with E-state index in [-0.39, 0.29) is 6.23 Å². The summed E-state index contributed by atoms with van der Waals surface area (Å²) < 4.78 is 16.2. The number of hydrogen-bond acceptors (Lipinski definition) is 4. The summed E-state index contributed by atoms with van der Waals surface area (Å²) in [4.78, 5) is 2.35. The third kappa shape index (κ3) is 4.47. The molecular weight excluding hydrogens is 194 g/mol. The lowest BCUT2D eigenvalue weighted by molar-refractivity contribution is -0.105. The first-order chi connectivity index (χ1) is 7.25. The summed E-state index contributed by atoms with van der Waals surface area (Å²) in [7, 11) is 1.69. The summed E-state index contributed by atoms with van der Waals surface area (Å²) in [5.41, 5.74) is 0. The molecule has 0 radical (unpaired) electrons. The Balaban J connectivity index is 2.39. The largest absolute Gasteiger partial charge is 0.382 e. The molecule has 4 nitrogen and oxygen atoms in total. The lowest BCUT2D eigenvalue weighted by atomic mass is 10.3. The highest BCUT2D eigenvalue weighted by Crippen LogP contribution is 2.12. The van der Waals surface area contributed by atoms with E-state index < -0.39 is 0 Å². The van der Waals surface area contributed by atoms with Gasteiger partial charge in [-0.25, -0.2) is 0 Å². The van der Waals surface area contributed by atoms with Gasteiger partial charge in [-0.3, -0.25) is 4.90 Å². The molecule has 15 heavy (non-hydrogen) atoms. The molecule has 0 bridgehead atoms. The van der Waals surface area contributed by atoms with Crippen molar-refractivity contribution >= 4 is 0 Å². The molecule has 1 atom stereocenters. The molecule has 1 rings (SSSR count). The summed E-state index contributed by atoms with van der Waals surface area (Å²) in [6.45, 7) is 8.22. The fourth-order valence-electron chi connectivity index (χ4n) is 1.78. The molecule has 0 aromatic carbocycles. The van der Waals surface area contributed by atoms with Gasteiger partial charge >= 0.3 is 0 Å². The monoisotopic (exact) mass is 217 g/mol. The van der Waals surface area contributed by atoms with Crippen LogP contribution in [0.4, 0.5) is 0 Å². The molecule has 1 unspecified atom stereocenters. The summed E-state index contributed by atoms with van der Waals surface area (Å²) in [6.07, 6.45) is 1.17. The fraction of sp³-hybridized carbons (Fsp3) is 1.00. The van der Waals surface area contributed by atoms with Gasteiger partial charge in [-0.1, -0.05) is 0 Å². The average molecular weight is 217 g/mol. The first-order valence-corrected chi connectivity index (χ1v) is 5.69. The molecule has 4 heteroatoms. The quantitative estimate of drug-likeness (QED) is 0.645. The second-order valence-electron chi connectivity index (χ2n) is 4.08. The minimum atomic E-state index is 0.0858. The third-order valence-corrected chi connectivity index (χ3v) is 2.60. The van der Waals surface area contributed by atoms with E-state index in [1.165, 1.54) is 0 Å². The Hall–Kier alpha value is -0.160. The highest BCUT2D eigenvalue weighted by atomic mass is 16.6. The van der Waals surface area contributed by atoms with Crippen LogP contribution in [0, 0.1) is 0 Å². The van der Waals surface area contributed by atoms with Gasteiger partial charge in [0.1, 0.15) is 6.23 Å². The summed E-state index contributed by atoms with van der Waals surface area (Å²) in [6, 6.07) is 0.499. The molecule has 0 spiro atoms.